The van der Waals surface area contributed by atoms with Crippen molar-refractivity contribution in [3.63, 3.8) is 0 Å². The number of nitrogens with zero attached hydrogens (tertiary/aromatic N) is 1. The number of sulfonamides is 1. The fraction of sp³-hybridized carbons (Fsp3) is 0.700. The Morgan fingerprint density at radius 2 is 1.88 bits per heavy atom. The zero-order valence-corrected chi connectivity index (χ0v) is 16.9. The van der Waals surface area contributed by atoms with Crippen LogP contribution in [0.3, 0.4) is 0 Å². The molecule has 0 bridgehead atoms. The molecule has 6 heteroatoms. The first-order chi connectivity index (χ1) is 12.4. The van der Waals surface area contributed by atoms with Crippen molar-refractivity contribution >= 4 is 10.0 Å². The number of aliphatic hydroxyl groups is 1. The lowest BCUT2D eigenvalue weighted by Crippen LogP contribution is -2.41. The lowest BCUT2D eigenvalue weighted by Gasteiger charge is -2.33. The summed E-state index contributed by atoms with van der Waals surface area (Å²) >= 11 is 0. The lowest BCUT2D eigenvalue weighted by molar-refractivity contribution is 0.0899. The molecule has 2 N–H and O–H groups in total. The zero-order chi connectivity index (χ0) is 19.0. The minimum Gasteiger partial charge on any atom is -0.387 e. The predicted octanol–water partition coefficient (Wildman–Crippen LogP) is 2.79. The van der Waals surface area contributed by atoms with Gasteiger partial charge in [-0.15, -0.1) is 0 Å². The summed E-state index contributed by atoms with van der Waals surface area (Å²) in [6.45, 7) is 7.07. The second kappa shape index (κ2) is 10.4. The molecule has 1 aromatic rings. The number of piperidine rings is 1. The van der Waals surface area contributed by atoms with Crippen LogP contribution >= 0.6 is 0 Å². The highest BCUT2D eigenvalue weighted by atomic mass is 32.2. The first-order valence-electron chi connectivity index (χ1n) is 9.82. The van der Waals surface area contributed by atoms with E-state index in [1.807, 2.05) is 37.3 Å². The third-order valence-electron chi connectivity index (χ3n) is 5.20. The topological polar surface area (TPSA) is 69.6 Å². The lowest BCUT2D eigenvalue weighted by atomic mass is 9.96. The van der Waals surface area contributed by atoms with Gasteiger partial charge >= 0.3 is 0 Å². The van der Waals surface area contributed by atoms with Crippen molar-refractivity contribution in [1.82, 2.24) is 9.62 Å². The fourth-order valence-corrected chi connectivity index (χ4v) is 5.18. The van der Waals surface area contributed by atoms with Crippen LogP contribution in [0.4, 0.5) is 0 Å². The first kappa shape index (κ1) is 21.4. The number of likely N-dealkylation sites (tertiary alicyclic amines) is 1. The van der Waals surface area contributed by atoms with Crippen LogP contribution < -0.4 is 4.72 Å². The average Bonchev–Trinajstić information content (AvgIpc) is 2.61. The SMILES string of the molecule is CCC[C@H](C)CS(=O)(=O)NCC1CCN(C[C@H](O)c2ccccc2)CC1. The minimum atomic E-state index is -3.17. The van der Waals surface area contributed by atoms with E-state index in [9.17, 15) is 13.5 Å². The Hall–Kier alpha value is -0.950. The molecule has 0 spiro atoms. The molecule has 0 aliphatic carbocycles. The summed E-state index contributed by atoms with van der Waals surface area (Å²) in [5, 5.41) is 10.3. The van der Waals surface area contributed by atoms with E-state index in [4.69, 9.17) is 0 Å². The van der Waals surface area contributed by atoms with E-state index < -0.39 is 16.1 Å². The van der Waals surface area contributed by atoms with Crippen LogP contribution in [0.2, 0.25) is 0 Å². The highest BCUT2D eigenvalue weighted by molar-refractivity contribution is 7.89. The highest BCUT2D eigenvalue weighted by Crippen LogP contribution is 2.20. The van der Waals surface area contributed by atoms with Gasteiger partial charge in [-0.1, -0.05) is 50.6 Å². The molecule has 1 fully saturated rings. The number of rotatable bonds is 10. The summed E-state index contributed by atoms with van der Waals surface area (Å²) in [4.78, 5) is 2.27. The third-order valence-corrected chi connectivity index (χ3v) is 6.81. The Kier molecular flexibility index (Phi) is 8.54. The van der Waals surface area contributed by atoms with Crippen LogP contribution in [-0.4, -0.2) is 50.4 Å². The molecule has 2 atom stereocenters. The van der Waals surface area contributed by atoms with Crippen LogP contribution in [-0.2, 0) is 10.0 Å². The Morgan fingerprint density at radius 3 is 2.50 bits per heavy atom. The third kappa shape index (κ3) is 7.35. The maximum absolute atomic E-state index is 12.2. The molecule has 0 aromatic heterocycles. The van der Waals surface area contributed by atoms with Crippen molar-refractivity contribution in [1.29, 1.82) is 0 Å². The first-order valence-corrected chi connectivity index (χ1v) is 11.5. The van der Waals surface area contributed by atoms with Gasteiger partial charge in [0.05, 0.1) is 11.9 Å². The molecule has 148 valence electrons. The summed E-state index contributed by atoms with van der Waals surface area (Å²) in [5.41, 5.74) is 0.948. The number of benzene rings is 1. The van der Waals surface area contributed by atoms with E-state index in [-0.39, 0.29) is 11.7 Å². The van der Waals surface area contributed by atoms with Gasteiger partial charge in [0.2, 0.25) is 10.0 Å². The molecule has 1 aromatic carbocycles. The highest BCUT2D eigenvalue weighted by Gasteiger charge is 2.23. The van der Waals surface area contributed by atoms with Crippen molar-refractivity contribution < 1.29 is 13.5 Å². The molecule has 1 saturated heterocycles. The van der Waals surface area contributed by atoms with Gasteiger partial charge in [-0.3, -0.25) is 0 Å². The van der Waals surface area contributed by atoms with Crippen LogP contribution in [0.5, 0.6) is 0 Å². The number of hydrogen-bond donors (Lipinski definition) is 2. The normalized spacial score (nSPS) is 19.3. The Labute approximate surface area is 158 Å². The van der Waals surface area contributed by atoms with Crippen LogP contribution in [0.25, 0.3) is 0 Å². The van der Waals surface area contributed by atoms with Crippen LogP contribution in [0.1, 0.15) is 51.2 Å². The summed E-state index contributed by atoms with van der Waals surface area (Å²) in [6.07, 6.45) is 3.43. The van der Waals surface area contributed by atoms with Crippen molar-refractivity contribution in [3.05, 3.63) is 35.9 Å². The van der Waals surface area contributed by atoms with Crippen molar-refractivity contribution in [3.8, 4) is 0 Å². The van der Waals surface area contributed by atoms with E-state index in [1.54, 1.807) is 0 Å². The molecule has 0 unspecified atom stereocenters. The average molecular weight is 383 g/mol. The molecular formula is C20H34N2O3S. The molecule has 0 radical (unpaired) electrons. The largest absolute Gasteiger partial charge is 0.387 e. The van der Waals surface area contributed by atoms with Crippen molar-refractivity contribution in [2.24, 2.45) is 11.8 Å². The molecule has 26 heavy (non-hydrogen) atoms. The maximum Gasteiger partial charge on any atom is 0.211 e. The van der Waals surface area contributed by atoms with E-state index in [2.05, 4.69) is 16.5 Å². The van der Waals surface area contributed by atoms with Crippen LogP contribution in [0.15, 0.2) is 30.3 Å². The Morgan fingerprint density at radius 1 is 1.23 bits per heavy atom. The molecule has 0 saturated carbocycles. The minimum absolute atomic E-state index is 0.207. The summed E-state index contributed by atoms with van der Waals surface area (Å²) in [7, 11) is -3.17. The molecule has 1 heterocycles. The van der Waals surface area contributed by atoms with Gasteiger partial charge in [0.1, 0.15) is 0 Å². The standard InChI is InChI=1S/C20H34N2O3S/c1-3-7-17(2)16-26(24,25)21-14-18-10-12-22(13-11-18)15-20(23)19-8-5-4-6-9-19/h4-6,8-9,17-18,20-21,23H,3,7,10-16H2,1-2H3/t17-,20-/m0/s1. The Balaban J connectivity index is 1.70. The van der Waals surface area contributed by atoms with Gasteiger partial charge in [0, 0.05) is 13.1 Å². The molecule has 1 aliphatic heterocycles. The second-order valence-electron chi connectivity index (χ2n) is 7.69. The Bertz CT molecular complexity index is 613. The van der Waals surface area contributed by atoms with Crippen LogP contribution in [0, 0.1) is 11.8 Å². The van der Waals surface area contributed by atoms with Gasteiger partial charge in [0.15, 0.2) is 0 Å². The van der Waals surface area contributed by atoms with E-state index in [0.717, 1.165) is 44.3 Å². The quantitative estimate of drug-likeness (QED) is 0.653. The van der Waals surface area contributed by atoms with E-state index >= 15 is 0 Å². The second-order valence-corrected chi connectivity index (χ2v) is 9.55. The number of nitrogens with one attached hydrogen (secondary N) is 1. The predicted molar refractivity (Wildman–Crippen MR) is 106 cm³/mol. The van der Waals surface area contributed by atoms with Gasteiger partial charge in [-0.05, 0) is 49.8 Å². The summed E-state index contributed by atoms with van der Waals surface area (Å²) in [5.74, 6) is 0.818. The molecule has 5 nitrogen and oxygen atoms in total. The molecule has 2 rings (SSSR count). The van der Waals surface area contributed by atoms with E-state index in [0.29, 0.717) is 19.0 Å². The smallest absolute Gasteiger partial charge is 0.211 e. The number of aliphatic hydroxyl groups excluding tert-OH is 1. The molecular weight excluding hydrogens is 348 g/mol. The van der Waals surface area contributed by atoms with Crippen molar-refractivity contribution in [2.45, 2.75) is 45.6 Å². The maximum atomic E-state index is 12.2. The molecule has 0 amide bonds. The van der Waals surface area contributed by atoms with Gasteiger partial charge in [-0.25, -0.2) is 13.1 Å². The van der Waals surface area contributed by atoms with Crippen molar-refractivity contribution in [2.75, 3.05) is 31.9 Å². The summed E-state index contributed by atoms with van der Waals surface area (Å²) < 4.78 is 27.1. The van der Waals surface area contributed by atoms with Gasteiger partial charge < -0.3 is 10.0 Å². The fourth-order valence-electron chi connectivity index (χ4n) is 3.65. The monoisotopic (exact) mass is 382 g/mol. The number of β-amino-alcohol motifs (C(OH)–C–C–N with tert-alkyl or cyclic N) is 1. The summed E-state index contributed by atoms with van der Waals surface area (Å²) in [6, 6.07) is 9.74. The van der Waals surface area contributed by atoms with Gasteiger partial charge in [-0.2, -0.15) is 0 Å². The van der Waals surface area contributed by atoms with E-state index in [1.165, 1.54) is 0 Å². The number of hydrogen-bond acceptors (Lipinski definition) is 4. The molecule has 1 aliphatic rings. The zero-order valence-electron chi connectivity index (χ0n) is 16.1. The van der Waals surface area contributed by atoms with Gasteiger partial charge in [0.25, 0.3) is 0 Å².